The topological polar surface area (TPSA) is 68.7 Å². The Bertz CT molecular complexity index is 1000. The molecule has 5 nitrogen and oxygen atoms in total. The van der Waals surface area contributed by atoms with Gasteiger partial charge in [-0.25, -0.2) is 9.78 Å². The number of benzene rings is 2. The minimum Gasteiger partial charge on any atom is -0.478 e. The SMILES string of the molecule is CC=C(C(=O)O)c1ccccc1Oc1cccc(Oc2ncccc2I)c1. The largest absolute Gasteiger partial charge is 0.478 e. The predicted molar refractivity (Wildman–Crippen MR) is 111 cm³/mol. The average Bonchev–Trinajstić information content (AvgIpc) is 2.66. The third-order valence-corrected chi connectivity index (χ3v) is 4.49. The zero-order valence-corrected chi connectivity index (χ0v) is 16.6. The van der Waals surface area contributed by atoms with E-state index in [1.165, 1.54) is 0 Å². The summed E-state index contributed by atoms with van der Waals surface area (Å²) in [7, 11) is 0. The number of halogens is 1. The lowest BCUT2D eigenvalue weighted by molar-refractivity contribution is -0.130. The maximum atomic E-state index is 11.5. The van der Waals surface area contributed by atoms with E-state index in [4.69, 9.17) is 9.47 Å². The molecule has 0 bridgehead atoms. The Labute approximate surface area is 170 Å². The summed E-state index contributed by atoms with van der Waals surface area (Å²) >= 11 is 2.16. The van der Waals surface area contributed by atoms with Crippen LogP contribution >= 0.6 is 22.6 Å². The molecule has 6 heteroatoms. The van der Waals surface area contributed by atoms with Gasteiger partial charge < -0.3 is 14.6 Å². The van der Waals surface area contributed by atoms with Gasteiger partial charge >= 0.3 is 5.97 Å². The summed E-state index contributed by atoms with van der Waals surface area (Å²) < 4.78 is 12.7. The number of carbonyl (C=O) groups is 1. The number of allylic oxidation sites excluding steroid dienone is 1. The predicted octanol–water partition coefficient (Wildman–Crippen LogP) is 5.76. The summed E-state index contributed by atoms with van der Waals surface area (Å²) in [5, 5.41) is 9.40. The lowest BCUT2D eigenvalue weighted by atomic mass is 10.0. The van der Waals surface area contributed by atoms with Crippen molar-refractivity contribution in [2.24, 2.45) is 0 Å². The molecule has 1 heterocycles. The summed E-state index contributed by atoms with van der Waals surface area (Å²) in [6.45, 7) is 1.68. The van der Waals surface area contributed by atoms with Crippen LogP contribution < -0.4 is 9.47 Å². The van der Waals surface area contributed by atoms with E-state index < -0.39 is 5.97 Å². The van der Waals surface area contributed by atoms with Crippen LogP contribution in [0.3, 0.4) is 0 Å². The molecule has 0 spiro atoms. The van der Waals surface area contributed by atoms with Crippen molar-refractivity contribution < 1.29 is 19.4 Å². The van der Waals surface area contributed by atoms with Crippen LogP contribution in [0, 0.1) is 3.57 Å². The molecular weight excluding hydrogens is 457 g/mol. The fourth-order valence-corrected chi connectivity index (χ4v) is 2.92. The molecule has 1 N–H and O–H groups in total. The molecule has 3 rings (SSSR count). The molecule has 136 valence electrons. The van der Waals surface area contributed by atoms with Gasteiger partial charge in [-0.05, 0) is 59.8 Å². The fraction of sp³-hybridized carbons (Fsp3) is 0.0476. The van der Waals surface area contributed by atoms with Gasteiger partial charge in [0, 0.05) is 17.8 Å². The third kappa shape index (κ3) is 4.65. The van der Waals surface area contributed by atoms with Crippen molar-refractivity contribution in [2.75, 3.05) is 0 Å². The lowest BCUT2D eigenvalue weighted by Gasteiger charge is -2.13. The van der Waals surface area contributed by atoms with Crippen molar-refractivity contribution in [3.8, 4) is 23.1 Å². The number of para-hydroxylation sites is 1. The first-order valence-electron chi connectivity index (χ1n) is 8.14. The molecule has 0 aliphatic heterocycles. The number of rotatable bonds is 6. The van der Waals surface area contributed by atoms with Gasteiger partial charge in [0.1, 0.15) is 17.2 Å². The third-order valence-electron chi connectivity index (χ3n) is 3.67. The fourth-order valence-electron chi connectivity index (χ4n) is 2.46. The number of hydrogen-bond acceptors (Lipinski definition) is 4. The van der Waals surface area contributed by atoms with E-state index in [-0.39, 0.29) is 5.57 Å². The van der Waals surface area contributed by atoms with Gasteiger partial charge in [-0.15, -0.1) is 0 Å². The summed E-state index contributed by atoms with van der Waals surface area (Å²) in [5.41, 5.74) is 0.694. The quantitative estimate of drug-likeness (QED) is 0.364. The molecule has 0 aliphatic carbocycles. The first kappa shape index (κ1) is 18.9. The van der Waals surface area contributed by atoms with Crippen molar-refractivity contribution in [1.82, 2.24) is 4.98 Å². The Balaban J connectivity index is 1.88. The van der Waals surface area contributed by atoms with E-state index >= 15 is 0 Å². The highest BCUT2D eigenvalue weighted by atomic mass is 127. The van der Waals surface area contributed by atoms with Gasteiger partial charge in [-0.2, -0.15) is 0 Å². The number of aromatic nitrogens is 1. The van der Waals surface area contributed by atoms with E-state index in [0.29, 0.717) is 28.7 Å². The van der Waals surface area contributed by atoms with Crippen LogP contribution in [0.15, 0.2) is 72.9 Å². The number of nitrogens with zero attached hydrogens (tertiary/aromatic N) is 1. The highest BCUT2D eigenvalue weighted by Crippen LogP contribution is 2.33. The van der Waals surface area contributed by atoms with E-state index in [9.17, 15) is 9.90 Å². The van der Waals surface area contributed by atoms with Gasteiger partial charge in [0.2, 0.25) is 5.88 Å². The molecule has 0 atom stereocenters. The normalized spacial score (nSPS) is 11.1. The van der Waals surface area contributed by atoms with Crippen molar-refractivity contribution in [3.63, 3.8) is 0 Å². The van der Waals surface area contributed by atoms with Crippen LogP contribution in [-0.4, -0.2) is 16.1 Å². The molecule has 0 radical (unpaired) electrons. The summed E-state index contributed by atoms with van der Waals surface area (Å²) in [5.74, 6) is 1.07. The Kier molecular flexibility index (Phi) is 6.08. The van der Waals surface area contributed by atoms with E-state index in [1.807, 2.05) is 12.1 Å². The minimum absolute atomic E-state index is 0.182. The molecule has 0 aliphatic rings. The summed E-state index contributed by atoms with van der Waals surface area (Å²) in [6, 6.07) is 17.9. The van der Waals surface area contributed by atoms with Gasteiger partial charge in [0.25, 0.3) is 0 Å². The standard InChI is InChI=1S/C21H16INO4/c1-2-16(21(24)25)17-9-3-4-11-19(17)26-14-7-5-8-15(13-14)27-20-18(22)10-6-12-23-20/h2-13H,1H3,(H,24,25). The van der Waals surface area contributed by atoms with Crippen LogP contribution in [0.1, 0.15) is 12.5 Å². The summed E-state index contributed by atoms with van der Waals surface area (Å²) in [6.07, 6.45) is 3.21. The van der Waals surface area contributed by atoms with Crippen LogP contribution in [0.25, 0.3) is 5.57 Å². The number of hydrogen-bond donors (Lipinski definition) is 1. The molecular formula is C21H16INO4. The van der Waals surface area contributed by atoms with Crippen LogP contribution in [0.2, 0.25) is 0 Å². The van der Waals surface area contributed by atoms with Crippen molar-refractivity contribution in [2.45, 2.75) is 6.92 Å². The maximum absolute atomic E-state index is 11.5. The number of ether oxygens (including phenoxy) is 2. The molecule has 0 saturated carbocycles. The first-order valence-corrected chi connectivity index (χ1v) is 9.21. The van der Waals surface area contributed by atoms with Gasteiger partial charge in [-0.1, -0.05) is 30.3 Å². The monoisotopic (exact) mass is 473 g/mol. The molecule has 0 fully saturated rings. The van der Waals surface area contributed by atoms with Crippen molar-refractivity contribution in [1.29, 1.82) is 0 Å². The number of carboxylic acids is 1. The van der Waals surface area contributed by atoms with Crippen molar-refractivity contribution in [3.05, 3.63) is 82.1 Å². The molecule has 0 unspecified atom stereocenters. The number of carboxylic acid groups (broad SMARTS) is 1. The van der Waals surface area contributed by atoms with Crippen LogP contribution in [0.5, 0.6) is 23.1 Å². The van der Waals surface area contributed by atoms with Crippen molar-refractivity contribution >= 4 is 34.1 Å². The van der Waals surface area contributed by atoms with E-state index in [1.54, 1.807) is 67.7 Å². The zero-order chi connectivity index (χ0) is 19.2. The van der Waals surface area contributed by atoms with E-state index in [0.717, 1.165) is 3.57 Å². The Morgan fingerprint density at radius 3 is 2.48 bits per heavy atom. The highest BCUT2D eigenvalue weighted by Gasteiger charge is 2.15. The second-order valence-corrected chi connectivity index (χ2v) is 6.64. The Hall–Kier alpha value is -2.87. The number of pyridine rings is 1. The molecule has 0 amide bonds. The lowest BCUT2D eigenvalue weighted by Crippen LogP contribution is -2.01. The molecule has 0 saturated heterocycles. The summed E-state index contributed by atoms with van der Waals surface area (Å²) in [4.78, 5) is 15.7. The Morgan fingerprint density at radius 1 is 1.04 bits per heavy atom. The Morgan fingerprint density at radius 2 is 1.78 bits per heavy atom. The first-order chi connectivity index (χ1) is 13.1. The second kappa shape index (κ2) is 8.68. The van der Waals surface area contributed by atoms with Crippen LogP contribution in [-0.2, 0) is 4.79 Å². The average molecular weight is 473 g/mol. The highest BCUT2D eigenvalue weighted by molar-refractivity contribution is 14.1. The number of aliphatic carboxylic acids is 1. The van der Waals surface area contributed by atoms with E-state index in [2.05, 4.69) is 27.6 Å². The zero-order valence-electron chi connectivity index (χ0n) is 14.4. The molecule has 1 aromatic heterocycles. The molecule has 27 heavy (non-hydrogen) atoms. The molecule has 3 aromatic rings. The smallest absolute Gasteiger partial charge is 0.336 e. The maximum Gasteiger partial charge on any atom is 0.336 e. The van der Waals surface area contributed by atoms with Gasteiger partial charge in [0.05, 0.1) is 9.14 Å². The van der Waals surface area contributed by atoms with Crippen LogP contribution in [0.4, 0.5) is 0 Å². The second-order valence-electron chi connectivity index (χ2n) is 5.47. The molecule has 2 aromatic carbocycles. The van der Waals surface area contributed by atoms with Gasteiger partial charge in [0.15, 0.2) is 0 Å². The minimum atomic E-state index is -1.00. The van der Waals surface area contributed by atoms with Gasteiger partial charge in [-0.3, -0.25) is 0 Å².